The van der Waals surface area contributed by atoms with Crippen LogP contribution in [0.1, 0.15) is 24.2 Å². The molecule has 0 spiro atoms. The molecular weight excluding hydrogens is 248 g/mol. The van der Waals surface area contributed by atoms with Gasteiger partial charge in [-0.3, -0.25) is 9.59 Å². The number of esters is 1. The molecule has 0 bridgehead atoms. The van der Waals surface area contributed by atoms with Gasteiger partial charge in [0.1, 0.15) is 12.9 Å². The summed E-state index contributed by atoms with van der Waals surface area (Å²) in [5.74, 6) is 0.575. The first-order chi connectivity index (χ1) is 8.94. The first kappa shape index (κ1) is 15.0. The van der Waals surface area contributed by atoms with Gasteiger partial charge in [0.15, 0.2) is 11.5 Å². The highest BCUT2D eigenvalue weighted by Gasteiger charge is 2.30. The topological polar surface area (TPSA) is 61.8 Å². The highest BCUT2D eigenvalue weighted by atomic mass is 16.5. The molecule has 104 valence electrons. The predicted molar refractivity (Wildman–Crippen MR) is 69.7 cm³/mol. The molecule has 1 rings (SSSR count). The minimum absolute atomic E-state index is 0.149. The van der Waals surface area contributed by atoms with Crippen molar-refractivity contribution in [2.75, 3.05) is 20.8 Å². The molecule has 0 N–H and O–H groups in total. The zero-order valence-electron chi connectivity index (χ0n) is 11.6. The monoisotopic (exact) mass is 266 g/mol. The summed E-state index contributed by atoms with van der Waals surface area (Å²) in [5.41, 5.74) is -0.264. The van der Waals surface area contributed by atoms with Gasteiger partial charge in [0.05, 0.1) is 19.6 Å². The van der Waals surface area contributed by atoms with Gasteiger partial charge in [-0.15, -0.1) is 0 Å². The summed E-state index contributed by atoms with van der Waals surface area (Å²) in [6.07, 6.45) is 0.727. The molecule has 19 heavy (non-hydrogen) atoms. The smallest absolute Gasteiger partial charge is 0.314 e. The minimum atomic E-state index is -0.761. The number of carbonyl (C=O) groups is 2. The average Bonchev–Trinajstić information content (AvgIpc) is 2.43. The molecule has 0 saturated carbocycles. The molecule has 0 aliphatic heterocycles. The highest BCUT2D eigenvalue weighted by molar-refractivity contribution is 5.77. The number of benzene rings is 1. The summed E-state index contributed by atoms with van der Waals surface area (Å²) in [4.78, 5) is 22.2. The third kappa shape index (κ3) is 3.71. The Morgan fingerprint density at radius 1 is 1.26 bits per heavy atom. The molecule has 0 atom stereocenters. The first-order valence-corrected chi connectivity index (χ1v) is 5.79. The van der Waals surface area contributed by atoms with E-state index in [2.05, 4.69) is 0 Å². The van der Waals surface area contributed by atoms with E-state index in [1.54, 1.807) is 32.0 Å². The molecule has 5 nitrogen and oxygen atoms in total. The number of rotatable bonds is 6. The lowest BCUT2D eigenvalue weighted by Crippen LogP contribution is -2.32. The Morgan fingerprint density at radius 3 is 2.47 bits per heavy atom. The summed E-state index contributed by atoms with van der Waals surface area (Å²) in [7, 11) is 2.83. The molecular formula is C14H18O5. The van der Waals surface area contributed by atoms with E-state index in [0.29, 0.717) is 17.1 Å². The number of hydrogen-bond donors (Lipinski definition) is 0. The van der Waals surface area contributed by atoms with E-state index >= 15 is 0 Å². The van der Waals surface area contributed by atoms with Crippen molar-refractivity contribution < 1.29 is 23.8 Å². The van der Waals surface area contributed by atoms with Crippen molar-refractivity contribution in [2.45, 2.75) is 13.8 Å². The Labute approximate surface area is 112 Å². The van der Waals surface area contributed by atoms with Gasteiger partial charge in [-0.25, -0.2) is 0 Å². The van der Waals surface area contributed by atoms with Crippen LogP contribution in [-0.4, -0.2) is 33.1 Å². The van der Waals surface area contributed by atoms with Gasteiger partial charge in [-0.1, -0.05) is 0 Å². The zero-order valence-corrected chi connectivity index (χ0v) is 11.6. The fraction of sp³-hybridized carbons (Fsp3) is 0.429. The van der Waals surface area contributed by atoms with Crippen LogP contribution in [0.15, 0.2) is 18.2 Å². The number of hydrogen-bond acceptors (Lipinski definition) is 5. The second-order valence-corrected chi connectivity index (χ2v) is 4.69. The lowest BCUT2D eigenvalue weighted by Gasteiger charge is -2.22. The van der Waals surface area contributed by atoms with Crippen molar-refractivity contribution in [3.8, 4) is 11.5 Å². The molecule has 0 amide bonds. The molecule has 1 aromatic carbocycles. The molecule has 0 saturated heterocycles. The number of aldehydes is 1. The van der Waals surface area contributed by atoms with Gasteiger partial charge in [0, 0.05) is 5.56 Å². The summed E-state index contributed by atoms with van der Waals surface area (Å²) in [6.45, 7) is 3.60. The molecule has 0 heterocycles. The number of ether oxygens (including phenoxy) is 3. The van der Waals surface area contributed by atoms with Gasteiger partial charge < -0.3 is 14.2 Å². The van der Waals surface area contributed by atoms with E-state index in [0.717, 1.165) is 6.29 Å². The van der Waals surface area contributed by atoms with Crippen LogP contribution in [0.2, 0.25) is 0 Å². The van der Waals surface area contributed by atoms with Crippen molar-refractivity contribution in [1.82, 2.24) is 0 Å². The molecule has 0 unspecified atom stereocenters. The lowest BCUT2D eigenvalue weighted by atomic mass is 9.95. The summed E-state index contributed by atoms with van der Waals surface area (Å²) in [6, 6.07) is 4.83. The van der Waals surface area contributed by atoms with Crippen LogP contribution in [0.3, 0.4) is 0 Å². The molecule has 0 radical (unpaired) electrons. The minimum Gasteiger partial charge on any atom is -0.493 e. The van der Waals surface area contributed by atoms with E-state index in [-0.39, 0.29) is 12.6 Å². The van der Waals surface area contributed by atoms with Gasteiger partial charge in [0.25, 0.3) is 0 Å². The van der Waals surface area contributed by atoms with Gasteiger partial charge in [-0.05, 0) is 32.0 Å². The van der Waals surface area contributed by atoms with Crippen LogP contribution >= 0.6 is 0 Å². The Bertz CT molecular complexity index is 465. The number of methoxy groups -OCH3 is 2. The molecule has 0 aliphatic carbocycles. The number of carbonyl (C=O) groups excluding carboxylic acids is 2. The average molecular weight is 266 g/mol. The maximum Gasteiger partial charge on any atom is 0.314 e. The van der Waals surface area contributed by atoms with Crippen molar-refractivity contribution in [2.24, 2.45) is 5.41 Å². The van der Waals surface area contributed by atoms with Crippen LogP contribution in [-0.2, 0) is 9.53 Å². The summed E-state index contributed by atoms with van der Waals surface area (Å²) < 4.78 is 15.4. The Kier molecular flexibility index (Phi) is 4.92. The van der Waals surface area contributed by atoms with Crippen molar-refractivity contribution in [3.05, 3.63) is 23.8 Å². The molecule has 0 aromatic heterocycles. The van der Waals surface area contributed by atoms with Crippen molar-refractivity contribution in [1.29, 1.82) is 0 Å². The Hall–Kier alpha value is -2.04. The standard InChI is InChI=1S/C14H18O5/c1-14(2,13(16)18-4)9-19-11-6-5-10(8-15)7-12(11)17-3/h5-8H,9H2,1-4H3. The third-order valence-electron chi connectivity index (χ3n) is 2.65. The zero-order chi connectivity index (χ0) is 14.5. The predicted octanol–water partition coefficient (Wildman–Crippen LogP) is 2.09. The Morgan fingerprint density at radius 2 is 1.95 bits per heavy atom. The van der Waals surface area contributed by atoms with E-state index < -0.39 is 5.41 Å². The van der Waals surface area contributed by atoms with E-state index in [1.807, 2.05) is 0 Å². The van der Waals surface area contributed by atoms with Crippen LogP contribution in [0.4, 0.5) is 0 Å². The van der Waals surface area contributed by atoms with Crippen molar-refractivity contribution >= 4 is 12.3 Å². The van der Waals surface area contributed by atoms with E-state index in [1.165, 1.54) is 14.2 Å². The third-order valence-corrected chi connectivity index (χ3v) is 2.65. The van der Waals surface area contributed by atoms with Crippen LogP contribution in [0.25, 0.3) is 0 Å². The second-order valence-electron chi connectivity index (χ2n) is 4.69. The van der Waals surface area contributed by atoms with Crippen LogP contribution < -0.4 is 9.47 Å². The van der Waals surface area contributed by atoms with Gasteiger partial charge in [-0.2, -0.15) is 0 Å². The molecule has 0 aliphatic rings. The largest absolute Gasteiger partial charge is 0.493 e. The lowest BCUT2D eigenvalue weighted by molar-refractivity contribution is -0.152. The first-order valence-electron chi connectivity index (χ1n) is 5.79. The fourth-order valence-corrected chi connectivity index (χ4v) is 1.47. The van der Waals surface area contributed by atoms with E-state index in [9.17, 15) is 9.59 Å². The molecule has 0 fully saturated rings. The van der Waals surface area contributed by atoms with Crippen LogP contribution in [0.5, 0.6) is 11.5 Å². The van der Waals surface area contributed by atoms with E-state index in [4.69, 9.17) is 14.2 Å². The SMILES string of the molecule is COC(=O)C(C)(C)COc1ccc(C=O)cc1OC. The summed E-state index contributed by atoms with van der Waals surface area (Å²) in [5, 5.41) is 0. The fourth-order valence-electron chi connectivity index (χ4n) is 1.47. The van der Waals surface area contributed by atoms with Crippen LogP contribution in [0, 0.1) is 5.41 Å². The van der Waals surface area contributed by atoms with Crippen molar-refractivity contribution in [3.63, 3.8) is 0 Å². The second kappa shape index (κ2) is 6.22. The normalized spacial score (nSPS) is 10.7. The Balaban J connectivity index is 2.83. The molecule has 1 aromatic rings. The quantitative estimate of drug-likeness (QED) is 0.582. The maximum atomic E-state index is 11.5. The van der Waals surface area contributed by atoms with Gasteiger partial charge in [0.2, 0.25) is 0 Å². The highest BCUT2D eigenvalue weighted by Crippen LogP contribution is 2.29. The van der Waals surface area contributed by atoms with Gasteiger partial charge >= 0.3 is 5.97 Å². The maximum absolute atomic E-state index is 11.5. The molecule has 5 heteroatoms. The summed E-state index contributed by atoms with van der Waals surface area (Å²) >= 11 is 0.